The summed E-state index contributed by atoms with van der Waals surface area (Å²) in [6.07, 6.45) is 1.80. The van der Waals surface area contributed by atoms with Crippen molar-refractivity contribution < 1.29 is 19.4 Å². The van der Waals surface area contributed by atoms with Crippen LogP contribution in [0.25, 0.3) is 16.7 Å². The normalized spacial score (nSPS) is 17.1. The quantitative estimate of drug-likeness (QED) is 0.223. The number of aliphatic hydroxyl groups is 1. The molecule has 3 aromatic carbocycles. The first-order valence-corrected chi connectivity index (χ1v) is 11.8. The molecule has 1 aliphatic heterocycles. The van der Waals surface area contributed by atoms with E-state index < -0.39 is 17.7 Å². The van der Waals surface area contributed by atoms with Gasteiger partial charge in [-0.1, -0.05) is 30.3 Å². The van der Waals surface area contributed by atoms with Gasteiger partial charge in [0.1, 0.15) is 11.5 Å². The van der Waals surface area contributed by atoms with E-state index in [-0.39, 0.29) is 11.3 Å². The van der Waals surface area contributed by atoms with Crippen molar-refractivity contribution >= 4 is 39.7 Å². The Balaban J connectivity index is 1.72. The number of para-hydroxylation sites is 1. The number of anilines is 2. The van der Waals surface area contributed by atoms with Crippen LogP contribution in [0, 0.1) is 0 Å². The number of carbonyl (C=O) groups is 2. The van der Waals surface area contributed by atoms with E-state index >= 15 is 0 Å². The van der Waals surface area contributed by atoms with Gasteiger partial charge in [0.05, 0.1) is 18.2 Å². The lowest BCUT2D eigenvalue weighted by atomic mass is 9.94. The lowest BCUT2D eigenvalue weighted by molar-refractivity contribution is -0.132. The fourth-order valence-electron chi connectivity index (χ4n) is 4.68. The van der Waals surface area contributed by atoms with E-state index in [1.807, 2.05) is 74.4 Å². The standard InChI is InChI=1S/C29H27N3O4/c1-4-36-21-9-7-8-18(16-21)27(33)25-26(23-17-30-24-11-6-5-10-22(23)24)32(29(35)28(25)34)20-14-12-19(13-15-20)31(2)3/h5-17,26,30,33H,4H2,1-3H3/b27-25+. The predicted octanol–water partition coefficient (Wildman–Crippen LogP) is 5.26. The van der Waals surface area contributed by atoms with Gasteiger partial charge in [-0.05, 0) is 49.4 Å². The maximum absolute atomic E-state index is 13.5. The maximum Gasteiger partial charge on any atom is 0.300 e. The zero-order chi connectivity index (χ0) is 25.4. The molecule has 7 nitrogen and oxygen atoms in total. The minimum absolute atomic E-state index is 0.0371. The highest BCUT2D eigenvalue weighted by molar-refractivity contribution is 6.51. The van der Waals surface area contributed by atoms with Crippen molar-refractivity contribution in [2.75, 3.05) is 30.5 Å². The molecule has 2 heterocycles. The van der Waals surface area contributed by atoms with Crippen molar-refractivity contribution in [2.45, 2.75) is 13.0 Å². The number of nitrogens with zero attached hydrogens (tertiary/aromatic N) is 2. The van der Waals surface area contributed by atoms with Crippen molar-refractivity contribution in [2.24, 2.45) is 0 Å². The lowest BCUT2D eigenvalue weighted by Gasteiger charge is -2.25. The van der Waals surface area contributed by atoms with Crippen molar-refractivity contribution in [1.29, 1.82) is 0 Å². The minimum Gasteiger partial charge on any atom is -0.507 e. The Kier molecular flexibility index (Phi) is 5.98. The van der Waals surface area contributed by atoms with Gasteiger partial charge in [-0.2, -0.15) is 0 Å². The first kappa shape index (κ1) is 23.2. The smallest absolute Gasteiger partial charge is 0.300 e. The molecule has 1 fully saturated rings. The Morgan fingerprint density at radius 3 is 2.50 bits per heavy atom. The van der Waals surface area contributed by atoms with Crippen molar-refractivity contribution in [1.82, 2.24) is 4.98 Å². The lowest BCUT2D eigenvalue weighted by Crippen LogP contribution is -2.29. The van der Waals surface area contributed by atoms with Gasteiger partial charge in [-0.3, -0.25) is 14.5 Å². The van der Waals surface area contributed by atoms with Crippen molar-refractivity contribution in [3.63, 3.8) is 0 Å². The second kappa shape index (κ2) is 9.26. The molecule has 1 saturated heterocycles. The number of H-pyrrole nitrogens is 1. The van der Waals surface area contributed by atoms with Gasteiger partial charge in [-0.15, -0.1) is 0 Å². The summed E-state index contributed by atoms with van der Waals surface area (Å²) in [6, 6.07) is 21.2. The van der Waals surface area contributed by atoms with E-state index in [0.717, 1.165) is 22.2 Å². The molecule has 1 atom stereocenters. The summed E-state index contributed by atoms with van der Waals surface area (Å²) in [4.78, 5) is 33.6. The van der Waals surface area contributed by atoms with Gasteiger partial charge < -0.3 is 19.7 Å². The summed E-state index contributed by atoms with van der Waals surface area (Å²) in [5.74, 6) is -1.09. The number of nitrogens with one attached hydrogen (secondary N) is 1. The predicted molar refractivity (Wildman–Crippen MR) is 141 cm³/mol. The molecule has 0 spiro atoms. The van der Waals surface area contributed by atoms with Crippen LogP contribution in [0.3, 0.4) is 0 Å². The van der Waals surface area contributed by atoms with Gasteiger partial charge >= 0.3 is 0 Å². The van der Waals surface area contributed by atoms with Gasteiger partial charge in [0.15, 0.2) is 0 Å². The number of ketones is 1. The molecule has 0 aliphatic carbocycles. The zero-order valence-electron chi connectivity index (χ0n) is 20.4. The Morgan fingerprint density at radius 2 is 1.78 bits per heavy atom. The van der Waals surface area contributed by atoms with Crippen molar-refractivity contribution in [3.8, 4) is 5.75 Å². The monoisotopic (exact) mass is 481 g/mol. The van der Waals surface area contributed by atoms with E-state index in [1.165, 1.54) is 4.90 Å². The van der Waals surface area contributed by atoms with Gasteiger partial charge in [0.25, 0.3) is 11.7 Å². The molecule has 2 N–H and O–H groups in total. The zero-order valence-corrected chi connectivity index (χ0v) is 20.4. The number of amides is 1. The fraction of sp³-hybridized carbons (Fsp3) is 0.172. The number of aliphatic hydroxyl groups excluding tert-OH is 1. The topological polar surface area (TPSA) is 85.9 Å². The molecule has 0 saturated carbocycles. The Bertz CT molecular complexity index is 1480. The largest absolute Gasteiger partial charge is 0.507 e. The van der Waals surface area contributed by atoms with Crippen LogP contribution < -0.4 is 14.5 Å². The van der Waals surface area contributed by atoms with Crippen LogP contribution in [0.2, 0.25) is 0 Å². The van der Waals surface area contributed by atoms with Crippen LogP contribution in [-0.4, -0.2) is 42.5 Å². The van der Waals surface area contributed by atoms with Gasteiger partial charge in [-0.25, -0.2) is 0 Å². The SMILES string of the molecule is CCOc1cccc(/C(O)=C2\C(=O)C(=O)N(c3ccc(N(C)C)cc3)C2c2c[nH]c3ccccc23)c1. The summed E-state index contributed by atoms with van der Waals surface area (Å²) in [5, 5.41) is 12.3. The summed E-state index contributed by atoms with van der Waals surface area (Å²) in [6.45, 7) is 2.34. The average Bonchev–Trinajstić information content (AvgIpc) is 3.42. The third kappa shape index (κ3) is 3.88. The first-order valence-electron chi connectivity index (χ1n) is 11.8. The summed E-state index contributed by atoms with van der Waals surface area (Å²) in [7, 11) is 3.87. The highest BCUT2D eigenvalue weighted by Crippen LogP contribution is 2.44. The molecule has 182 valence electrons. The molecule has 1 aromatic heterocycles. The molecule has 36 heavy (non-hydrogen) atoms. The Hall–Kier alpha value is -4.52. The number of rotatable bonds is 6. The van der Waals surface area contributed by atoms with E-state index in [1.54, 1.807) is 30.5 Å². The summed E-state index contributed by atoms with van der Waals surface area (Å²) >= 11 is 0. The molecule has 0 radical (unpaired) electrons. The molecule has 7 heteroatoms. The molecule has 4 aromatic rings. The molecular weight excluding hydrogens is 454 g/mol. The summed E-state index contributed by atoms with van der Waals surface area (Å²) < 4.78 is 5.58. The number of aromatic nitrogens is 1. The number of aromatic amines is 1. The second-order valence-electron chi connectivity index (χ2n) is 8.83. The third-order valence-corrected chi connectivity index (χ3v) is 6.42. The van der Waals surface area contributed by atoms with E-state index in [0.29, 0.717) is 23.6 Å². The van der Waals surface area contributed by atoms with E-state index in [4.69, 9.17) is 4.74 Å². The van der Waals surface area contributed by atoms with E-state index in [2.05, 4.69) is 4.98 Å². The van der Waals surface area contributed by atoms with Crippen LogP contribution in [0.5, 0.6) is 5.75 Å². The van der Waals surface area contributed by atoms with Crippen LogP contribution in [-0.2, 0) is 9.59 Å². The Morgan fingerprint density at radius 1 is 1.03 bits per heavy atom. The fourth-order valence-corrected chi connectivity index (χ4v) is 4.68. The van der Waals surface area contributed by atoms with Crippen LogP contribution in [0.4, 0.5) is 11.4 Å². The second-order valence-corrected chi connectivity index (χ2v) is 8.83. The highest BCUT2D eigenvalue weighted by Gasteiger charge is 2.47. The van der Waals surface area contributed by atoms with E-state index in [9.17, 15) is 14.7 Å². The molecule has 1 amide bonds. The number of carbonyl (C=O) groups excluding carboxylic acids is 2. The highest BCUT2D eigenvalue weighted by atomic mass is 16.5. The van der Waals surface area contributed by atoms with Crippen molar-refractivity contribution in [3.05, 3.63) is 95.7 Å². The average molecular weight is 482 g/mol. The summed E-state index contributed by atoms with van der Waals surface area (Å²) in [5.41, 5.74) is 3.58. The number of hydrogen-bond acceptors (Lipinski definition) is 5. The molecule has 5 rings (SSSR count). The first-order chi connectivity index (χ1) is 17.4. The van der Waals surface area contributed by atoms with Crippen LogP contribution >= 0.6 is 0 Å². The van der Waals surface area contributed by atoms with Gasteiger partial charge in [0.2, 0.25) is 0 Å². The maximum atomic E-state index is 13.5. The number of ether oxygens (including phenoxy) is 1. The molecule has 0 bridgehead atoms. The molecular formula is C29H27N3O4. The number of Topliss-reactive ketones (excluding diaryl/α,β-unsaturated/α-hetero) is 1. The number of fused-ring (bicyclic) bond motifs is 1. The van der Waals surface area contributed by atoms with Crippen LogP contribution in [0.15, 0.2) is 84.6 Å². The Labute approximate surface area is 209 Å². The number of hydrogen-bond donors (Lipinski definition) is 2. The van der Waals surface area contributed by atoms with Crippen LogP contribution in [0.1, 0.15) is 24.1 Å². The van der Waals surface area contributed by atoms with Gasteiger partial charge in [0, 0.05) is 53.7 Å². The molecule has 1 aliphatic rings. The number of benzene rings is 3. The molecule has 1 unspecified atom stereocenters. The minimum atomic E-state index is -0.817. The third-order valence-electron chi connectivity index (χ3n) is 6.42.